The molecule has 0 radical (unpaired) electrons. The van der Waals surface area contributed by atoms with Gasteiger partial charge in [0.05, 0.1) is 0 Å². The molecule has 1 unspecified atom stereocenters. The molecule has 71 valence electrons. The Morgan fingerprint density at radius 1 is 1.36 bits per heavy atom. The second-order valence-corrected chi connectivity index (χ2v) is 5.51. The normalized spacial score (nSPS) is 19.3. The number of alkyl halides is 1. The second-order valence-electron chi connectivity index (χ2n) is 3.82. The number of aryl methyl sites for hydroxylation is 1. The number of hydrogen-bond acceptors (Lipinski definition) is 0. The van der Waals surface area contributed by atoms with Crippen molar-refractivity contribution in [2.75, 3.05) is 0 Å². The summed E-state index contributed by atoms with van der Waals surface area (Å²) < 4.78 is 0.653. The molecule has 1 atom stereocenters. The van der Waals surface area contributed by atoms with Gasteiger partial charge in [-0.3, -0.25) is 0 Å². The summed E-state index contributed by atoms with van der Waals surface area (Å²) in [7, 11) is 0. The average Bonchev–Trinajstić information content (AvgIpc) is 2.45. The molecule has 1 aromatic carbocycles. The quantitative estimate of drug-likeness (QED) is 0.689. The first-order valence-electron chi connectivity index (χ1n) is 4.72. The molecule has 0 nitrogen and oxygen atoms in total. The van der Waals surface area contributed by atoms with Crippen molar-refractivity contribution in [3.05, 3.63) is 40.0 Å². The van der Waals surface area contributed by atoms with Crippen LogP contribution in [0, 0.1) is 6.92 Å². The molecule has 1 aliphatic carbocycles. The average molecular weight is 283 g/mol. The van der Waals surface area contributed by atoms with E-state index in [0.29, 0.717) is 9.51 Å². The summed E-state index contributed by atoms with van der Waals surface area (Å²) >= 11 is 7.51. The molecular formula is C12H12ClZr. The first-order valence-corrected chi connectivity index (χ1v) is 6.68. The zero-order chi connectivity index (χ0) is 10.3. The molecule has 0 bridgehead atoms. The number of halogens is 1. The number of allylic oxidation sites excluding steroid dienone is 1. The van der Waals surface area contributed by atoms with Crippen LogP contribution in [0.15, 0.2) is 17.7 Å². The van der Waals surface area contributed by atoms with Crippen LogP contribution in [-0.2, 0) is 30.6 Å². The topological polar surface area (TPSA) is 0 Å². The number of benzene rings is 1. The van der Waals surface area contributed by atoms with E-state index in [0.717, 1.165) is 0 Å². The first kappa shape index (κ1) is 10.6. The van der Waals surface area contributed by atoms with Crippen molar-refractivity contribution in [2.45, 2.75) is 23.4 Å². The van der Waals surface area contributed by atoms with Gasteiger partial charge in [-0.2, -0.15) is 0 Å². The molecule has 0 amide bonds. The van der Waals surface area contributed by atoms with Gasteiger partial charge in [-0.25, -0.2) is 0 Å². The van der Waals surface area contributed by atoms with E-state index in [1.165, 1.54) is 27.8 Å². The second kappa shape index (κ2) is 3.95. The van der Waals surface area contributed by atoms with E-state index in [-0.39, 0.29) is 0 Å². The summed E-state index contributed by atoms with van der Waals surface area (Å²) in [5.74, 6) is 0.620. The summed E-state index contributed by atoms with van der Waals surface area (Å²) in [5, 5.41) is 0. The van der Waals surface area contributed by atoms with Gasteiger partial charge in [0, 0.05) is 0 Å². The van der Waals surface area contributed by atoms with Crippen molar-refractivity contribution in [1.29, 1.82) is 0 Å². The van der Waals surface area contributed by atoms with Crippen molar-refractivity contribution in [2.24, 2.45) is 0 Å². The van der Waals surface area contributed by atoms with E-state index in [9.17, 15) is 0 Å². The summed E-state index contributed by atoms with van der Waals surface area (Å²) in [6.07, 6.45) is 2.30. The van der Waals surface area contributed by atoms with Gasteiger partial charge in [-0.1, -0.05) is 0 Å². The van der Waals surface area contributed by atoms with Crippen molar-refractivity contribution in [3.63, 3.8) is 0 Å². The third-order valence-corrected chi connectivity index (χ3v) is 4.97. The van der Waals surface area contributed by atoms with Crippen molar-refractivity contribution < 1.29 is 24.7 Å². The monoisotopic (exact) mass is 281 g/mol. The molecule has 0 aromatic heterocycles. The van der Waals surface area contributed by atoms with Crippen molar-refractivity contribution in [3.8, 4) is 0 Å². The fourth-order valence-electron chi connectivity index (χ4n) is 2.00. The minimum absolute atomic E-state index is 0.620. The summed E-state index contributed by atoms with van der Waals surface area (Å²) in [6, 6.07) is 4.35. The molecule has 0 saturated carbocycles. The van der Waals surface area contributed by atoms with Crippen LogP contribution in [-0.4, -0.2) is 0 Å². The maximum atomic E-state index is 5.94. The van der Waals surface area contributed by atoms with Crippen LogP contribution in [0.1, 0.15) is 32.8 Å². The Balaban J connectivity index is 2.66. The molecule has 14 heavy (non-hydrogen) atoms. The van der Waals surface area contributed by atoms with Gasteiger partial charge in [0.2, 0.25) is 0 Å². The third-order valence-electron chi connectivity index (χ3n) is 2.86. The number of hydrogen-bond donors (Lipinski definition) is 0. The molecule has 0 aliphatic heterocycles. The molecule has 1 aliphatic rings. The Kier molecular flexibility index (Phi) is 3.00. The Morgan fingerprint density at radius 3 is 2.71 bits per heavy atom. The molecule has 1 aromatic rings. The first-order chi connectivity index (χ1) is 6.65. The molecule has 0 N–H and O–H groups in total. The number of fused-ring (bicyclic) bond motifs is 1. The molecule has 0 spiro atoms. The Morgan fingerprint density at radius 2 is 2.07 bits per heavy atom. The molecule has 0 heterocycles. The zero-order valence-electron chi connectivity index (χ0n) is 8.39. The van der Waals surface area contributed by atoms with E-state index in [1.807, 2.05) is 0 Å². The van der Waals surface area contributed by atoms with Gasteiger partial charge in [0.1, 0.15) is 0 Å². The van der Waals surface area contributed by atoms with Crippen molar-refractivity contribution in [1.82, 2.24) is 0 Å². The summed E-state index contributed by atoms with van der Waals surface area (Å²) in [5.41, 5.74) is 7.07. The molecule has 2 rings (SSSR count). The van der Waals surface area contributed by atoms with Crippen LogP contribution in [0.4, 0.5) is 0 Å². The van der Waals surface area contributed by atoms with E-state index in [4.69, 9.17) is 11.6 Å². The van der Waals surface area contributed by atoms with Gasteiger partial charge in [-0.15, -0.1) is 0 Å². The van der Waals surface area contributed by atoms with Crippen LogP contribution in [0.2, 0.25) is 0 Å². The van der Waals surface area contributed by atoms with Crippen molar-refractivity contribution >= 4 is 17.7 Å². The standard InChI is InChI=1S/C12H12Cl.Zr/c1-8-5-11-9(2)3-4-10(7-13)12(11)6-8;/h3-6H,7H2,1-2H3;. The molecule has 0 fully saturated rings. The fourth-order valence-corrected chi connectivity index (χ4v) is 3.38. The van der Waals surface area contributed by atoms with E-state index in [2.05, 4.69) is 32.1 Å². The Hall–Kier alpha value is 0.133. The zero-order valence-corrected chi connectivity index (χ0v) is 11.6. The maximum absolute atomic E-state index is 5.94. The van der Waals surface area contributed by atoms with E-state index < -0.39 is 0 Å². The Labute approximate surface area is 105 Å². The van der Waals surface area contributed by atoms with Crippen LogP contribution in [0.3, 0.4) is 0 Å². The van der Waals surface area contributed by atoms with Gasteiger partial charge < -0.3 is 0 Å². The Bertz CT molecular complexity index is 407. The fraction of sp³-hybridized carbons (Fsp3) is 0.333. The van der Waals surface area contributed by atoms with E-state index in [1.54, 1.807) is 24.7 Å². The van der Waals surface area contributed by atoms with Crippen LogP contribution in [0.25, 0.3) is 6.08 Å². The number of rotatable bonds is 1. The van der Waals surface area contributed by atoms with Crippen LogP contribution < -0.4 is 0 Å². The SMILES string of the molecule is CC1=Cc2c(CCl)ccc(C)c2[CH]1[Zr]. The van der Waals surface area contributed by atoms with Gasteiger partial charge in [-0.05, 0) is 0 Å². The van der Waals surface area contributed by atoms with Gasteiger partial charge in [0.25, 0.3) is 0 Å². The minimum atomic E-state index is 0.620. The summed E-state index contributed by atoms with van der Waals surface area (Å²) in [6.45, 7) is 4.41. The molecule has 0 saturated heterocycles. The molecule has 2 heteroatoms. The predicted octanol–water partition coefficient (Wildman–Crippen LogP) is 3.74. The van der Waals surface area contributed by atoms with Crippen LogP contribution >= 0.6 is 11.6 Å². The van der Waals surface area contributed by atoms with Gasteiger partial charge >= 0.3 is 106 Å². The summed E-state index contributed by atoms with van der Waals surface area (Å²) in [4.78, 5) is 0. The molecular weight excluding hydrogens is 271 g/mol. The van der Waals surface area contributed by atoms with E-state index >= 15 is 0 Å². The van der Waals surface area contributed by atoms with Gasteiger partial charge in [0.15, 0.2) is 0 Å². The third kappa shape index (κ3) is 1.55. The predicted molar refractivity (Wildman–Crippen MR) is 57.1 cm³/mol. The van der Waals surface area contributed by atoms with Crippen LogP contribution in [0.5, 0.6) is 0 Å².